The number of carbonyl (C=O) groups excluding carboxylic acids is 1. The van der Waals surface area contributed by atoms with Crippen molar-refractivity contribution in [1.82, 2.24) is 24.8 Å². The van der Waals surface area contributed by atoms with Crippen molar-refractivity contribution in [3.8, 4) is 0 Å². The van der Waals surface area contributed by atoms with Crippen LogP contribution < -0.4 is 5.32 Å². The van der Waals surface area contributed by atoms with E-state index in [9.17, 15) is 4.79 Å². The summed E-state index contributed by atoms with van der Waals surface area (Å²) in [6.07, 6.45) is 1.57. The second-order valence-electron chi connectivity index (χ2n) is 4.35. The van der Waals surface area contributed by atoms with Gasteiger partial charge in [-0.3, -0.25) is 9.48 Å². The number of aryl methyl sites for hydroxylation is 2. The average molecular weight is 291 g/mol. The Kier molecular flexibility index (Phi) is 2.90. The molecule has 0 aliphatic heterocycles. The van der Waals surface area contributed by atoms with Gasteiger partial charge in [-0.1, -0.05) is 11.6 Å². The molecule has 2 heterocycles. The third-order valence-corrected chi connectivity index (χ3v) is 3.01. The summed E-state index contributed by atoms with van der Waals surface area (Å²) in [4.78, 5) is 13.6. The molecule has 1 amide bonds. The minimum absolute atomic E-state index is 0.188. The van der Waals surface area contributed by atoms with Gasteiger partial charge in [-0.15, -0.1) is 0 Å². The van der Waals surface area contributed by atoms with Crippen LogP contribution in [0.3, 0.4) is 0 Å². The van der Waals surface area contributed by atoms with Crippen LogP contribution in [-0.4, -0.2) is 30.7 Å². The van der Waals surface area contributed by atoms with Gasteiger partial charge in [0.05, 0.1) is 5.02 Å². The molecule has 1 aromatic carbocycles. The fraction of sp³-hybridized carbons (Fsp3) is 0.167. The topological polar surface area (TPSA) is 77.6 Å². The van der Waals surface area contributed by atoms with Crippen molar-refractivity contribution in [2.24, 2.45) is 14.1 Å². The normalized spacial score (nSPS) is 10.9. The van der Waals surface area contributed by atoms with Gasteiger partial charge in [-0.25, -0.2) is 0 Å². The molecular formula is C12H11ClN6O. The van der Waals surface area contributed by atoms with Crippen LogP contribution in [0.2, 0.25) is 5.02 Å². The van der Waals surface area contributed by atoms with E-state index in [-0.39, 0.29) is 11.6 Å². The predicted molar refractivity (Wildman–Crippen MR) is 74.7 cm³/mol. The zero-order valence-electron chi connectivity index (χ0n) is 10.8. The lowest BCUT2D eigenvalue weighted by Crippen LogP contribution is -2.13. The molecule has 0 aliphatic carbocycles. The number of aromatic nitrogens is 5. The van der Waals surface area contributed by atoms with E-state index >= 15 is 0 Å². The van der Waals surface area contributed by atoms with Gasteiger partial charge in [-0.2, -0.15) is 20.1 Å². The number of carbonyl (C=O) groups is 1. The van der Waals surface area contributed by atoms with Crippen molar-refractivity contribution in [1.29, 1.82) is 0 Å². The first-order valence-electron chi connectivity index (χ1n) is 5.84. The fourth-order valence-electron chi connectivity index (χ4n) is 1.90. The Balaban J connectivity index is 1.88. The number of anilines is 1. The molecule has 3 rings (SSSR count). The third-order valence-electron chi connectivity index (χ3n) is 2.74. The van der Waals surface area contributed by atoms with Gasteiger partial charge in [0.15, 0.2) is 5.69 Å². The fourth-order valence-corrected chi connectivity index (χ4v) is 2.17. The Bertz CT molecular complexity index is 805. The van der Waals surface area contributed by atoms with Gasteiger partial charge in [0.2, 0.25) is 0 Å². The van der Waals surface area contributed by atoms with E-state index in [2.05, 4.69) is 20.6 Å². The Morgan fingerprint density at radius 1 is 1.20 bits per heavy atom. The number of fused-ring (bicyclic) bond motifs is 1. The van der Waals surface area contributed by atoms with Crippen LogP contribution in [0.1, 0.15) is 10.5 Å². The lowest BCUT2D eigenvalue weighted by Gasteiger charge is -2.02. The molecule has 0 spiro atoms. The summed E-state index contributed by atoms with van der Waals surface area (Å²) in [5.41, 5.74) is 2.27. The Morgan fingerprint density at radius 2 is 1.95 bits per heavy atom. The number of nitrogens with zero attached hydrogens (tertiary/aromatic N) is 5. The van der Waals surface area contributed by atoms with Crippen LogP contribution in [0.4, 0.5) is 5.69 Å². The highest BCUT2D eigenvalue weighted by atomic mass is 35.5. The number of halogens is 1. The second kappa shape index (κ2) is 4.61. The van der Waals surface area contributed by atoms with Crippen molar-refractivity contribution in [3.05, 3.63) is 35.1 Å². The minimum Gasteiger partial charge on any atom is -0.320 e. The zero-order valence-corrected chi connectivity index (χ0v) is 11.6. The van der Waals surface area contributed by atoms with E-state index in [0.29, 0.717) is 16.2 Å². The first kappa shape index (κ1) is 12.6. The van der Waals surface area contributed by atoms with Gasteiger partial charge in [0.1, 0.15) is 11.0 Å². The molecule has 7 nitrogen and oxygen atoms in total. The molecule has 3 aromatic rings. The highest BCUT2D eigenvalue weighted by Gasteiger charge is 2.15. The number of hydrogen-bond donors (Lipinski definition) is 1. The van der Waals surface area contributed by atoms with Crippen molar-refractivity contribution >= 4 is 34.2 Å². The standard InChI is InChI=1S/C12H11ClN6O/c1-18-6-8(13)11(17-18)12(20)14-7-3-4-9-10(5-7)16-19(2)15-9/h3-6H,1-2H3,(H,14,20). The summed E-state index contributed by atoms with van der Waals surface area (Å²) in [6, 6.07) is 5.29. The molecule has 0 fully saturated rings. The molecule has 2 aromatic heterocycles. The Labute approximate surface area is 119 Å². The van der Waals surface area contributed by atoms with Crippen LogP contribution in [0.25, 0.3) is 11.0 Å². The lowest BCUT2D eigenvalue weighted by atomic mass is 10.2. The number of hydrogen-bond acceptors (Lipinski definition) is 4. The summed E-state index contributed by atoms with van der Waals surface area (Å²) < 4.78 is 1.49. The maximum atomic E-state index is 12.1. The first-order chi connectivity index (χ1) is 9.52. The van der Waals surface area contributed by atoms with Gasteiger partial charge in [0.25, 0.3) is 5.91 Å². The van der Waals surface area contributed by atoms with Crippen LogP contribution >= 0.6 is 11.6 Å². The van der Waals surface area contributed by atoms with Crippen LogP contribution in [-0.2, 0) is 14.1 Å². The highest BCUT2D eigenvalue weighted by Crippen LogP contribution is 2.18. The van der Waals surface area contributed by atoms with Crippen molar-refractivity contribution in [2.45, 2.75) is 0 Å². The maximum Gasteiger partial charge on any atom is 0.277 e. The Hall–Kier alpha value is -2.41. The SMILES string of the molecule is Cn1cc(Cl)c(C(=O)Nc2ccc3nn(C)nc3c2)n1. The minimum atomic E-state index is -0.362. The number of amides is 1. The van der Waals surface area contributed by atoms with E-state index in [1.54, 1.807) is 38.5 Å². The van der Waals surface area contributed by atoms with E-state index in [1.807, 2.05) is 0 Å². The van der Waals surface area contributed by atoms with E-state index in [1.165, 1.54) is 9.48 Å². The van der Waals surface area contributed by atoms with Gasteiger partial charge >= 0.3 is 0 Å². The summed E-state index contributed by atoms with van der Waals surface area (Å²) in [6.45, 7) is 0. The van der Waals surface area contributed by atoms with E-state index in [0.717, 1.165) is 5.52 Å². The van der Waals surface area contributed by atoms with Crippen LogP contribution in [0, 0.1) is 0 Å². The third kappa shape index (κ3) is 2.23. The monoisotopic (exact) mass is 290 g/mol. The molecular weight excluding hydrogens is 280 g/mol. The van der Waals surface area contributed by atoms with Crippen molar-refractivity contribution < 1.29 is 4.79 Å². The smallest absolute Gasteiger partial charge is 0.277 e. The lowest BCUT2D eigenvalue weighted by molar-refractivity contribution is 0.102. The van der Waals surface area contributed by atoms with Gasteiger partial charge in [0, 0.05) is 26.0 Å². The molecule has 102 valence electrons. The first-order valence-corrected chi connectivity index (χ1v) is 6.22. The van der Waals surface area contributed by atoms with Gasteiger partial charge < -0.3 is 5.32 Å². The Morgan fingerprint density at radius 3 is 2.65 bits per heavy atom. The van der Waals surface area contributed by atoms with Crippen molar-refractivity contribution in [3.63, 3.8) is 0 Å². The largest absolute Gasteiger partial charge is 0.320 e. The van der Waals surface area contributed by atoms with Gasteiger partial charge in [-0.05, 0) is 18.2 Å². The molecule has 8 heteroatoms. The summed E-state index contributed by atoms with van der Waals surface area (Å²) >= 11 is 5.93. The quantitative estimate of drug-likeness (QED) is 0.778. The predicted octanol–water partition coefficient (Wildman–Crippen LogP) is 1.61. The molecule has 0 saturated heterocycles. The van der Waals surface area contributed by atoms with E-state index in [4.69, 9.17) is 11.6 Å². The molecule has 0 radical (unpaired) electrons. The molecule has 0 bridgehead atoms. The molecule has 20 heavy (non-hydrogen) atoms. The number of benzene rings is 1. The molecule has 0 aliphatic rings. The number of rotatable bonds is 2. The zero-order chi connectivity index (χ0) is 14.3. The summed E-state index contributed by atoms with van der Waals surface area (Å²) in [5, 5.41) is 15.4. The summed E-state index contributed by atoms with van der Waals surface area (Å²) in [5.74, 6) is -0.362. The van der Waals surface area contributed by atoms with E-state index < -0.39 is 0 Å². The molecule has 0 unspecified atom stereocenters. The maximum absolute atomic E-state index is 12.1. The molecule has 0 atom stereocenters. The molecule has 1 N–H and O–H groups in total. The average Bonchev–Trinajstić information content (AvgIpc) is 2.90. The number of nitrogens with one attached hydrogen (secondary N) is 1. The second-order valence-corrected chi connectivity index (χ2v) is 4.75. The van der Waals surface area contributed by atoms with Crippen LogP contribution in [0.15, 0.2) is 24.4 Å². The highest BCUT2D eigenvalue weighted by molar-refractivity contribution is 6.34. The van der Waals surface area contributed by atoms with Crippen molar-refractivity contribution in [2.75, 3.05) is 5.32 Å². The van der Waals surface area contributed by atoms with Crippen LogP contribution in [0.5, 0.6) is 0 Å². The molecule has 0 saturated carbocycles. The summed E-state index contributed by atoms with van der Waals surface area (Å²) in [7, 11) is 3.44.